The Morgan fingerprint density at radius 1 is 1.24 bits per heavy atom. The van der Waals surface area contributed by atoms with Crippen LogP contribution in [0.1, 0.15) is 29.1 Å². The summed E-state index contributed by atoms with van der Waals surface area (Å²) in [6.45, 7) is 11.2. The Labute approximate surface area is 130 Å². The largest absolute Gasteiger partial charge is 0.334 e. The Hall–Kier alpha value is -1.87. The van der Waals surface area contributed by atoms with Gasteiger partial charge in [-0.1, -0.05) is 42.0 Å². The van der Waals surface area contributed by atoms with Gasteiger partial charge in [-0.25, -0.2) is 0 Å². The number of hydrogen-bond acceptors (Lipinski definition) is 2. The second-order valence-electron chi connectivity index (χ2n) is 5.31. The van der Waals surface area contributed by atoms with Crippen LogP contribution in [-0.4, -0.2) is 23.9 Å². The van der Waals surface area contributed by atoms with Gasteiger partial charge in [-0.15, -0.1) is 11.3 Å². The van der Waals surface area contributed by atoms with Gasteiger partial charge >= 0.3 is 0 Å². The van der Waals surface area contributed by atoms with E-state index in [2.05, 4.69) is 37.8 Å². The highest BCUT2D eigenvalue weighted by Gasteiger charge is 2.19. The lowest BCUT2D eigenvalue weighted by Crippen LogP contribution is -2.31. The number of likely N-dealkylation sites (N-methyl/N-ethyl adjacent to an activating group) is 1. The van der Waals surface area contributed by atoms with Crippen molar-refractivity contribution in [2.45, 2.75) is 20.8 Å². The van der Waals surface area contributed by atoms with E-state index in [1.54, 1.807) is 0 Å². The number of amides is 1. The van der Waals surface area contributed by atoms with Gasteiger partial charge in [-0.05, 0) is 37.8 Å². The van der Waals surface area contributed by atoms with Gasteiger partial charge in [-0.3, -0.25) is 4.79 Å². The first kappa shape index (κ1) is 15.5. The van der Waals surface area contributed by atoms with Crippen LogP contribution >= 0.6 is 11.3 Å². The summed E-state index contributed by atoms with van der Waals surface area (Å²) < 4.78 is 0. The van der Waals surface area contributed by atoms with E-state index in [1.165, 1.54) is 16.9 Å². The van der Waals surface area contributed by atoms with Crippen molar-refractivity contribution in [1.82, 2.24) is 4.90 Å². The minimum absolute atomic E-state index is 0.0890. The second-order valence-corrected chi connectivity index (χ2v) is 6.22. The van der Waals surface area contributed by atoms with Crippen LogP contribution in [0.15, 0.2) is 47.9 Å². The fourth-order valence-electron chi connectivity index (χ4n) is 2.23. The smallest absolute Gasteiger partial charge is 0.264 e. The number of rotatable bonds is 5. The molecular formula is C18H21NOS. The van der Waals surface area contributed by atoms with Crippen molar-refractivity contribution in [2.75, 3.05) is 13.1 Å². The highest BCUT2D eigenvalue weighted by molar-refractivity contribution is 7.12. The molecule has 1 heterocycles. The Bertz CT molecular complexity index is 639. The van der Waals surface area contributed by atoms with E-state index in [0.717, 1.165) is 21.6 Å². The minimum atomic E-state index is 0.0890. The van der Waals surface area contributed by atoms with Crippen LogP contribution in [0.5, 0.6) is 0 Å². The van der Waals surface area contributed by atoms with Crippen molar-refractivity contribution in [3.63, 3.8) is 0 Å². The highest BCUT2D eigenvalue weighted by Crippen LogP contribution is 2.29. The van der Waals surface area contributed by atoms with Crippen LogP contribution in [0.25, 0.3) is 11.1 Å². The SMILES string of the molecule is C=C(C)CN(CC)C(=O)c1sccc1-c1ccc(C)cc1. The third-order valence-electron chi connectivity index (χ3n) is 3.35. The summed E-state index contributed by atoms with van der Waals surface area (Å²) in [4.78, 5) is 15.4. The van der Waals surface area contributed by atoms with Gasteiger partial charge in [0.15, 0.2) is 0 Å². The van der Waals surface area contributed by atoms with Crippen LogP contribution in [0.3, 0.4) is 0 Å². The highest BCUT2D eigenvalue weighted by atomic mass is 32.1. The fraction of sp³-hybridized carbons (Fsp3) is 0.278. The third-order valence-corrected chi connectivity index (χ3v) is 4.25. The molecule has 0 N–H and O–H groups in total. The molecule has 1 aromatic carbocycles. The zero-order valence-corrected chi connectivity index (χ0v) is 13.7. The number of hydrogen-bond donors (Lipinski definition) is 0. The Balaban J connectivity index is 2.33. The molecule has 0 aliphatic heterocycles. The van der Waals surface area contributed by atoms with Crippen molar-refractivity contribution >= 4 is 17.2 Å². The van der Waals surface area contributed by atoms with Crippen LogP contribution in [0, 0.1) is 6.92 Å². The van der Waals surface area contributed by atoms with Crippen molar-refractivity contribution in [1.29, 1.82) is 0 Å². The van der Waals surface area contributed by atoms with Crippen LogP contribution in [-0.2, 0) is 0 Å². The molecule has 0 bridgehead atoms. The number of aryl methyl sites for hydroxylation is 1. The Morgan fingerprint density at radius 2 is 1.90 bits per heavy atom. The quantitative estimate of drug-likeness (QED) is 0.729. The molecule has 0 saturated carbocycles. The van der Waals surface area contributed by atoms with Gasteiger partial charge < -0.3 is 4.90 Å². The average molecular weight is 299 g/mol. The molecule has 3 heteroatoms. The summed E-state index contributed by atoms with van der Waals surface area (Å²) in [7, 11) is 0. The number of carbonyl (C=O) groups excluding carboxylic acids is 1. The zero-order chi connectivity index (χ0) is 15.4. The normalized spacial score (nSPS) is 10.4. The van der Waals surface area contributed by atoms with E-state index in [-0.39, 0.29) is 5.91 Å². The molecular weight excluding hydrogens is 278 g/mol. The maximum absolute atomic E-state index is 12.7. The maximum atomic E-state index is 12.7. The van der Waals surface area contributed by atoms with E-state index in [9.17, 15) is 4.79 Å². The van der Waals surface area contributed by atoms with E-state index in [1.807, 2.05) is 30.2 Å². The van der Waals surface area contributed by atoms with E-state index < -0.39 is 0 Å². The van der Waals surface area contributed by atoms with Gasteiger partial charge in [0, 0.05) is 18.7 Å². The van der Waals surface area contributed by atoms with Gasteiger partial charge in [-0.2, -0.15) is 0 Å². The average Bonchev–Trinajstić information content (AvgIpc) is 2.94. The first-order valence-corrected chi connectivity index (χ1v) is 7.99. The lowest BCUT2D eigenvalue weighted by Gasteiger charge is -2.21. The second kappa shape index (κ2) is 6.72. The fourth-order valence-corrected chi connectivity index (χ4v) is 3.11. The number of carbonyl (C=O) groups is 1. The molecule has 0 saturated heterocycles. The molecule has 0 aliphatic rings. The van der Waals surface area contributed by atoms with Crippen molar-refractivity contribution in [2.24, 2.45) is 0 Å². The monoisotopic (exact) mass is 299 g/mol. The molecule has 0 unspecified atom stereocenters. The predicted molar refractivity (Wildman–Crippen MR) is 90.9 cm³/mol. The molecule has 2 nitrogen and oxygen atoms in total. The minimum Gasteiger partial charge on any atom is -0.334 e. The molecule has 2 aromatic rings. The van der Waals surface area contributed by atoms with Crippen molar-refractivity contribution < 1.29 is 4.79 Å². The Kier molecular flexibility index (Phi) is 4.97. The van der Waals surface area contributed by atoms with Crippen LogP contribution in [0.4, 0.5) is 0 Å². The standard InChI is InChI=1S/C18H21NOS/c1-5-19(12-13(2)3)18(20)17-16(10-11-21-17)15-8-6-14(4)7-9-15/h6-11H,2,5,12H2,1,3-4H3. The van der Waals surface area contributed by atoms with Gasteiger partial charge in [0.1, 0.15) is 0 Å². The van der Waals surface area contributed by atoms with E-state index in [0.29, 0.717) is 13.1 Å². The molecule has 0 aliphatic carbocycles. The van der Waals surface area contributed by atoms with Gasteiger partial charge in [0.2, 0.25) is 0 Å². The molecule has 21 heavy (non-hydrogen) atoms. The lowest BCUT2D eigenvalue weighted by molar-refractivity contribution is 0.0784. The first-order chi connectivity index (χ1) is 10.0. The summed E-state index contributed by atoms with van der Waals surface area (Å²) in [6, 6.07) is 10.3. The molecule has 110 valence electrons. The van der Waals surface area contributed by atoms with E-state index >= 15 is 0 Å². The van der Waals surface area contributed by atoms with E-state index in [4.69, 9.17) is 0 Å². The van der Waals surface area contributed by atoms with Gasteiger partial charge in [0.25, 0.3) is 5.91 Å². The number of thiophene rings is 1. The Morgan fingerprint density at radius 3 is 2.48 bits per heavy atom. The lowest BCUT2D eigenvalue weighted by atomic mass is 10.0. The predicted octanol–water partition coefficient (Wildman–Crippen LogP) is 4.76. The summed E-state index contributed by atoms with van der Waals surface area (Å²) in [6.07, 6.45) is 0. The molecule has 0 atom stereocenters. The maximum Gasteiger partial charge on any atom is 0.264 e. The zero-order valence-electron chi connectivity index (χ0n) is 12.8. The topological polar surface area (TPSA) is 20.3 Å². The van der Waals surface area contributed by atoms with Crippen LogP contribution < -0.4 is 0 Å². The first-order valence-electron chi connectivity index (χ1n) is 7.11. The molecule has 0 radical (unpaired) electrons. The summed E-state index contributed by atoms with van der Waals surface area (Å²) in [5.74, 6) is 0.0890. The summed E-state index contributed by atoms with van der Waals surface area (Å²) in [5, 5.41) is 1.98. The third kappa shape index (κ3) is 3.61. The van der Waals surface area contributed by atoms with Crippen molar-refractivity contribution in [3.8, 4) is 11.1 Å². The van der Waals surface area contributed by atoms with Crippen molar-refractivity contribution in [3.05, 3.63) is 58.3 Å². The number of nitrogens with zero attached hydrogens (tertiary/aromatic N) is 1. The molecule has 0 spiro atoms. The van der Waals surface area contributed by atoms with Crippen LogP contribution in [0.2, 0.25) is 0 Å². The summed E-state index contributed by atoms with van der Waals surface area (Å²) in [5.41, 5.74) is 4.33. The molecule has 0 fully saturated rings. The molecule has 1 aromatic heterocycles. The van der Waals surface area contributed by atoms with Gasteiger partial charge in [0.05, 0.1) is 4.88 Å². The summed E-state index contributed by atoms with van der Waals surface area (Å²) >= 11 is 1.51. The molecule has 2 rings (SSSR count). The molecule has 1 amide bonds. The number of benzene rings is 1.